The van der Waals surface area contributed by atoms with Crippen LogP contribution in [0.3, 0.4) is 0 Å². The van der Waals surface area contributed by atoms with Crippen molar-refractivity contribution in [2.24, 2.45) is 0 Å². The molecule has 4 nitrogen and oxygen atoms in total. The molecular weight excluding hydrogens is 256 g/mol. The van der Waals surface area contributed by atoms with Crippen LogP contribution in [0.4, 0.5) is 0 Å². The average molecular weight is 266 g/mol. The van der Waals surface area contributed by atoms with Crippen LogP contribution in [-0.4, -0.2) is 19.9 Å². The third-order valence-corrected chi connectivity index (χ3v) is 3.32. The Kier molecular flexibility index (Phi) is 3.38. The van der Waals surface area contributed by atoms with Crippen LogP contribution in [0.2, 0.25) is 0 Å². The number of nitrogens with zero attached hydrogens (tertiary/aromatic N) is 4. The summed E-state index contributed by atoms with van der Waals surface area (Å²) in [6.45, 7) is 0. The predicted molar refractivity (Wildman–Crippen MR) is 76.3 cm³/mol. The van der Waals surface area contributed by atoms with E-state index in [0.29, 0.717) is 0 Å². The van der Waals surface area contributed by atoms with Crippen molar-refractivity contribution >= 4 is 23.5 Å². The average Bonchev–Trinajstić information content (AvgIpc) is 2.96. The Morgan fingerprint density at radius 1 is 0.947 bits per heavy atom. The van der Waals surface area contributed by atoms with Gasteiger partial charge in [0.15, 0.2) is 0 Å². The van der Waals surface area contributed by atoms with Gasteiger partial charge in [-0.1, -0.05) is 6.07 Å². The first kappa shape index (κ1) is 11.7. The third-order valence-electron chi connectivity index (χ3n) is 2.44. The van der Waals surface area contributed by atoms with Crippen molar-refractivity contribution in [3.63, 3.8) is 0 Å². The normalized spacial score (nSPS) is 10.9. The Hall–Kier alpha value is -2.40. The first-order valence-corrected chi connectivity index (χ1v) is 6.61. The van der Waals surface area contributed by atoms with Gasteiger partial charge in [-0.2, -0.15) is 0 Å². The lowest BCUT2D eigenvalue weighted by atomic mass is 10.3. The molecule has 92 valence electrons. The highest BCUT2D eigenvalue weighted by atomic mass is 32.1. The van der Waals surface area contributed by atoms with Crippen LogP contribution < -0.4 is 0 Å². The second-order valence-corrected chi connectivity index (χ2v) is 4.62. The number of thiazole rings is 1. The molecule has 3 aromatic heterocycles. The van der Waals surface area contributed by atoms with Gasteiger partial charge in [-0.15, -0.1) is 11.3 Å². The van der Waals surface area contributed by atoms with Gasteiger partial charge in [-0.05, 0) is 30.4 Å². The zero-order chi connectivity index (χ0) is 12.9. The van der Waals surface area contributed by atoms with Gasteiger partial charge in [0, 0.05) is 17.8 Å². The number of aromatic nitrogens is 4. The Morgan fingerprint density at radius 3 is 2.68 bits per heavy atom. The van der Waals surface area contributed by atoms with Gasteiger partial charge in [-0.3, -0.25) is 4.98 Å². The molecular formula is C14H10N4S. The van der Waals surface area contributed by atoms with Crippen LogP contribution >= 0.6 is 11.3 Å². The van der Waals surface area contributed by atoms with Crippen LogP contribution in [0.1, 0.15) is 11.4 Å². The molecule has 0 atom stereocenters. The highest BCUT2D eigenvalue weighted by molar-refractivity contribution is 7.13. The van der Waals surface area contributed by atoms with Gasteiger partial charge in [0.05, 0.1) is 17.1 Å². The molecule has 0 amide bonds. The van der Waals surface area contributed by atoms with Crippen LogP contribution in [-0.2, 0) is 0 Å². The minimum Gasteiger partial charge on any atom is -0.254 e. The molecule has 0 saturated carbocycles. The van der Waals surface area contributed by atoms with Gasteiger partial charge < -0.3 is 0 Å². The molecule has 5 heteroatoms. The number of rotatable bonds is 3. The van der Waals surface area contributed by atoms with Crippen molar-refractivity contribution in [1.29, 1.82) is 0 Å². The van der Waals surface area contributed by atoms with Gasteiger partial charge >= 0.3 is 0 Å². The fourth-order valence-electron chi connectivity index (χ4n) is 1.54. The van der Waals surface area contributed by atoms with E-state index in [0.717, 1.165) is 22.1 Å². The van der Waals surface area contributed by atoms with E-state index in [1.807, 2.05) is 41.8 Å². The van der Waals surface area contributed by atoms with Crippen LogP contribution in [0, 0.1) is 0 Å². The van der Waals surface area contributed by atoms with Crippen LogP contribution in [0.25, 0.3) is 22.9 Å². The fraction of sp³-hybridized carbons (Fsp3) is 0. The van der Waals surface area contributed by atoms with E-state index >= 15 is 0 Å². The molecule has 0 aromatic carbocycles. The van der Waals surface area contributed by atoms with Crippen molar-refractivity contribution in [1.82, 2.24) is 19.9 Å². The summed E-state index contributed by atoms with van der Waals surface area (Å²) in [5.74, 6) is 0. The molecule has 0 saturated heterocycles. The van der Waals surface area contributed by atoms with Crippen LogP contribution in [0.5, 0.6) is 0 Å². The van der Waals surface area contributed by atoms with E-state index in [-0.39, 0.29) is 0 Å². The van der Waals surface area contributed by atoms with Crippen molar-refractivity contribution in [2.45, 2.75) is 0 Å². The molecule has 0 unspecified atom stereocenters. The molecule has 3 aromatic rings. The monoisotopic (exact) mass is 266 g/mol. The Bertz CT molecular complexity index is 677. The van der Waals surface area contributed by atoms with Crippen molar-refractivity contribution in [3.05, 3.63) is 59.8 Å². The van der Waals surface area contributed by atoms with E-state index in [1.165, 1.54) is 6.33 Å². The summed E-state index contributed by atoms with van der Waals surface area (Å²) in [7, 11) is 0. The van der Waals surface area contributed by atoms with Crippen molar-refractivity contribution in [2.75, 3.05) is 0 Å². The third kappa shape index (κ3) is 2.89. The summed E-state index contributed by atoms with van der Waals surface area (Å²) in [5, 5.41) is 2.92. The maximum atomic E-state index is 4.52. The molecule has 19 heavy (non-hydrogen) atoms. The fourth-order valence-corrected chi connectivity index (χ4v) is 2.30. The zero-order valence-corrected chi connectivity index (χ0v) is 10.8. The highest BCUT2D eigenvalue weighted by Crippen LogP contribution is 2.22. The molecule has 0 aliphatic heterocycles. The largest absolute Gasteiger partial charge is 0.254 e. The quantitative estimate of drug-likeness (QED) is 0.730. The van der Waals surface area contributed by atoms with Gasteiger partial charge in [-0.25, -0.2) is 15.0 Å². The molecule has 0 fully saturated rings. The molecule has 3 heterocycles. The first-order valence-electron chi connectivity index (χ1n) is 5.73. The molecule has 0 spiro atoms. The Balaban J connectivity index is 1.81. The van der Waals surface area contributed by atoms with Gasteiger partial charge in [0.25, 0.3) is 0 Å². The standard InChI is InChI=1S/C14H10N4S/c1-2-7-16-13(3-1)14-18-12(9-19-14)5-4-11-6-8-15-10-17-11/h1-10H. The summed E-state index contributed by atoms with van der Waals surface area (Å²) in [6, 6.07) is 7.66. The molecule has 0 aliphatic rings. The number of pyridine rings is 1. The van der Waals surface area contributed by atoms with E-state index in [4.69, 9.17) is 0 Å². The Morgan fingerprint density at radius 2 is 1.89 bits per heavy atom. The first-order chi connectivity index (χ1) is 9.42. The second kappa shape index (κ2) is 5.49. The molecule has 0 bridgehead atoms. The molecule has 3 rings (SSSR count). The van der Waals surface area contributed by atoms with Crippen molar-refractivity contribution < 1.29 is 0 Å². The smallest absolute Gasteiger partial charge is 0.142 e. The number of hydrogen-bond acceptors (Lipinski definition) is 5. The Labute approximate surface area is 114 Å². The lowest BCUT2D eigenvalue weighted by Gasteiger charge is -1.92. The zero-order valence-electron chi connectivity index (χ0n) is 9.97. The lowest BCUT2D eigenvalue weighted by Crippen LogP contribution is -1.81. The number of hydrogen-bond donors (Lipinski definition) is 0. The van der Waals surface area contributed by atoms with Crippen molar-refractivity contribution in [3.8, 4) is 10.7 Å². The summed E-state index contributed by atoms with van der Waals surface area (Å²) >= 11 is 1.58. The van der Waals surface area contributed by atoms with E-state index in [1.54, 1.807) is 23.7 Å². The minimum absolute atomic E-state index is 0.863. The predicted octanol–water partition coefficient (Wildman–Crippen LogP) is 3.17. The maximum Gasteiger partial charge on any atom is 0.142 e. The summed E-state index contributed by atoms with van der Waals surface area (Å²) in [5.41, 5.74) is 2.67. The van der Waals surface area contributed by atoms with E-state index < -0.39 is 0 Å². The van der Waals surface area contributed by atoms with Gasteiger partial charge in [0.1, 0.15) is 11.3 Å². The minimum atomic E-state index is 0.863. The molecule has 0 N–H and O–H groups in total. The van der Waals surface area contributed by atoms with E-state index in [9.17, 15) is 0 Å². The topological polar surface area (TPSA) is 51.6 Å². The van der Waals surface area contributed by atoms with Crippen LogP contribution in [0.15, 0.2) is 48.4 Å². The lowest BCUT2D eigenvalue weighted by molar-refractivity contribution is 1.15. The summed E-state index contributed by atoms with van der Waals surface area (Å²) < 4.78 is 0. The molecule has 0 radical (unpaired) electrons. The van der Waals surface area contributed by atoms with E-state index in [2.05, 4.69) is 19.9 Å². The SMILES string of the molecule is C(=Cc1csc(-c2ccccn2)n1)c1ccncn1. The summed E-state index contributed by atoms with van der Waals surface area (Å²) in [4.78, 5) is 16.8. The molecule has 0 aliphatic carbocycles. The highest BCUT2D eigenvalue weighted by Gasteiger charge is 2.03. The second-order valence-electron chi connectivity index (χ2n) is 3.76. The van der Waals surface area contributed by atoms with Gasteiger partial charge in [0.2, 0.25) is 0 Å². The summed E-state index contributed by atoms with van der Waals surface area (Å²) in [6.07, 6.45) is 8.87. The maximum absolute atomic E-state index is 4.52.